The summed E-state index contributed by atoms with van der Waals surface area (Å²) >= 11 is 0. The van der Waals surface area contributed by atoms with Crippen molar-refractivity contribution in [3.05, 3.63) is 40.3 Å². The topological polar surface area (TPSA) is 65.0 Å². The Morgan fingerprint density at radius 2 is 1.90 bits per heavy atom. The van der Waals surface area contributed by atoms with Crippen molar-refractivity contribution in [2.24, 2.45) is 11.3 Å². The molecule has 3 aliphatic carbocycles. The van der Waals surface area contributed by atoms with E-state index in [2.05, 4.69) is 30.5 Å². The third-order valence-electron chi connectivity index (χ3n) is 8.31. The van der Waals surface area contributed by atoms with Gasteiger partial charge >= 0.3 is 5.54 Å². The van der Waals surface area contributed by atoms with E-state index in [9.17, 15) is 15.3 Å². The number of rotatable bonds is 6. The minimum Gasteiger partial charge on any atom is -0.393 e. The van der Waals surface area contributed by atoms with E-state index < -0.39 is 12.2 Å². The van der Waals surface area contributed by atoms with E-state index in [4.69, 9.17) is 6.57 Å². The SMILES string of the molecule is C#[N+][C@@]12CC[C@H](CCCCC(C)O)[C@@]1(C)CCC/C2=C\C=C1C[C@@H](O)C(=C)[C@H](O)C1. The van der Waals surface area contributed by atoms with Gasteiger partial charge in [-0.25, -0.2) is 0 Å². The first kappa shape index (κ1) is 23.3. The molecule has 3 saturated carbocycles. The van der Waals surface area contributed by atoms with Crippen LogP contribution in [0.25, 0.3) is 4.85 Å². The molecule has 0 radical (unpaired) electrons. The number of hydrogen-bond donors (Lipinski definition) is 3. The van der Waals surface area contributed by atoms with Gasteiger partial charge in [0.15, 0.2) is 0 Å². The van der Waals surface area contributed by atoms with Crippen LogP contribution in [0.5, 0.6) is 0 Å². The number of fused-ring (bicyclic) bond motifs is 1. The van der Waals surface area contributed by atoms with Crippen molar-refractivity contribution in [1.29, 1.82) is 0 Å². The lowest BCUT2D eigenvalue weighted by atomic mass is 9.58. The lowest BCUT2D eigenvalue weighted by Crippen LogP contribution is -2.46. The molecule has 4 nitrogen and oxygen atoms in total. The second kappa shape index (κ2) is 9.39. The van der Waals surface area contributed by atoms with Gasteiger partial charge in [0.05, 0.1) is 23.7 Å². The summed E-state index contributed by atoms with van der Waals surface area (Å²) in [5.74, 6) is 0.608. The molecule has 1 unspecified atom stereocenters. The Labute approximate surface area is 182 Å². The van der Waals surface area contributed by atoms with Gasteiger partial charge < -0.3 is 15.3 Å². The summed E-state index contributed by atoms with van der Waals surface area (Å²) in [6.07, 6.45) is 13.5. The molecule has 0 aromatic rings. The van der Waals surface area contributed by atoms with Crippen LogP contribution in [-0.2, 0) is 0 Å². The molecule has 0 bridgehead atoms. The van der Waals surface area contributed by atoms with Gasteiger partial charge in [-0.2, -0.15) is 0 Å². The molecular formula is C26H40NO3+. The molecule has 3 rings (SSSR count). The van der Waals surface area contributed by atoms with Crippen molar-refractivity contribution in [3.63, 3.8) is 0 Å². The Kier molecular flexibility index (Phi) is 7.28. The number of hydrogen-bond acceptors (Lipinski definition) is 3. The average Bonchev–Trinajstić information content (AvgIpc) is 3.00. The van der Waals surface area contributed by atoms with Crippen molar-refractivity contribution < 1.29 is 15.3 Å². The fourth-order valence-corrected chi connectivity index (χ4v) is 6.34. The molecule has 3 fully saturated rings. The molecule has 0 aromatic heterocycles. The summed E-state index contributed by atoms with van der Waals surface area (Å²) in [5, 5.41) is 29.8. The standard InChI is InChI=1S/C26H40NO3/c1-18(28)8-5-6-9-21-13-15-26(27-4)22(10-7-14-25(21,26)3)12-11-20-16-23(29)19(2)24(30)17-20/h4,11-12,18,21,23-24,28-30H,2,5-10,13-17H2,1,3H3/q+1/b22-12+/t18?,21-,23+,24+,25+,26+/m0/s1. The third-order valence-corrected chi connectivity index (χ3v) is 8.31. The number of unbranched alkanes of at least 4 members (excludes halogenated alkanes) is 1. The number of allylic oxidation sites excluding steroid dienone is 2. The van der Waals surface area contributed by atoms with Crippen molar-refractivity contribution >= 4 is 0 Å². The van der Waals surface area contributed by atoms with Crippen LogP contribution in [0.3, 0.4) is 0 Å². The van der Waals surface area contributed by atoms with Gasteiger partial charge in [-0.1, -0.05) is 48.9 Å². The number of nitrogens with zero attached hydrogens (tertiary/aromatic N) is 1. The molecule has 166 valence electrons. The molecule has 3 aliphatic rings. The van der Waals surface area contributed by atoms with Gasteiger partial charge in [0.1, 0.15) is 0 Å². The first-order chi connectivity index (χ1) is 14.2. The van der Waals surface area contributed by atoms with E-state index in [1.165, 1.54) is 12.0 Å². The van der Waals surface area contributed by atoms with Crippen LogP contribution in [0.4, 0.5) is 0 Å². The van der Waals surface area contributed by atoms with Crippen LogP contribution < -0.4 is 0 Å². The largest absolute Gasteiger partial charge is 0.393 e. The molecule has 0 saturated heterocycles. The summed E-state index contributed by atoms with van der Waals surface area (Å²) in [4.78, 5) is 4.56. The molecule has 0 aromatic carbocycles. The molecule has 4 heteroatoms. The Morgan fingerprint density at radius 3 is 2.53 bits per heavy atom. The fourth-order valence-electron chi connectivity index (χ4n) is 6.34. The highest BCUT2D eigenvalue weighted by molar-refractivity contribution is 5.40. The van der Waals surface area contributed by atoms with Gasteiger partial charge in [-0.3, -0.25) is 0 Å². The van der Waals surface area contributed by atoms with Gasteiger partial charge in [0, 0.05) is 12.0 Å². The van der Waals surface area contributed by atoms with Gasteiger partial charge in [-0.15, -0.1) is 0 Å². The summed E-state index contributed by atoms with van der Waals surface area (Å²) in [5.41, 5.74) is 2.67. The van der Waals surface area contributed by atoms with Crippen molar-refractivity contribution in [2.45, 2.75) is 108 Å². The zero-order chi connectivity index (χ0) is 21.9. The molecule has 0 heterocycles. The van der Waals surface area contributed by atoms with Gasteiger partial charge in [0.25, 0.3) is 6.57 Å². The van der Waals surface area contributed by atoms with Crippen LogP contribution in [-0.4, -0.2) is 39.2 Å². The van der Waals surface area contributed by atoms with Gasteiger partial charge in [-0.05, 0) is 69.8 Å². The summed E-state index contributed by atoms with van der Waals surface area (Å²) in [7, 11) is 0. The fraction of sp³-hybridized carbons (Fsp3) is 0.731. The van der Waals surface area contributed by atoms with Crippen LogP contribution in [0.15, 0.2) is 35.5 Å². The minimum absolute atomic E-state index is 0.0784. The monoisotopic (exact) mass is 414 g/mol. The maximum atomic E-state index is 10.1. The highest BCUT2D eigenvalue weighted by atomic mass is 16.3. The highest BCUT2D eigenvalue weighted by Crippen LogP contribution is 2.63. The zero-order valence-corrected chi connectivity index (χ0v) is 18.8. The maximum absolute atomic E-state index is 10.1. The van der Waals surface area contributed by atoms with E-state index in [1.807, 2.05) is 6.92 Å². The summed E-state index contributed by atoms with van der Waals surface area (Å²) in [6.45, 7) is 14.2. The van der Waals surface area contributed by atoms with E-state index in [-0.39, 0.29) is 17.1 Å². The Balaban J connectivity index is 1.78. The third kappa shape index (κ3) is 4.31. The normalized spacial score (nSPS) is 38.9. The number of aliphatic hydroxyl groups excluding tert-OH is 3. The molecule has 0 spiro atoms. The van der Waals surface area contributed by atoms with Crippen molar-refractivity contribution in [2.75, 3.05) is 0 Å². The molecule has 6 atom stereocenters. The Bertz CT molecular complexity index is 730. The van der Waals surface area contributed by atoms with E-state index in [1.54, 1.807) is 0 Å². The van der Waals surface area contributed by atoms with E-state index >= 15 is 0 Å². The smallest absolute Gasteiger partial charge is 0.307 e. The molecule has 30 heavy (non-hydrogen) atoms. The van der Waals surface area contributed by atoms with E-state index in [0.717, 1.165) is 56.9 Å². The molecule has 3 N–H and O–H groups in total. The van der Waals surface area contributed by atoms with Crippen molar-refractivity contribution in [1.82, 2.24) is 0 Å². The molecule has 0 aliphatic heterocycles. The predicted octanol–water partition coefficient (Wildman–Crippen LogP) is 5.15. The van der Waals surface area contributed by atoms with Gasteiger partial charge in [0.2, 0.25) is 0 Å². The Morgan fingerprint density at radius 1 is 1.20 bits per heavy atom. The lowest BCUT2D eigenvalue weighted by Gasteiger charge is -2.41. The maximum Gasteiger partial charge on any atom is 0.307 e. The minimum atomic E-state index is -0.666. The molecule has 0 amide bonds. The average molecular weight is 415 g/mol. The van der Waals surface area contributed by atoms with Crippen LogP contribution >= 0.6 is 0 Å². The second-order valence-corrected chi connectivity index (χ2v) is 10.2. The van der Waals surface area contributed by atoms with Crippen LogP contribution in [0.2, 0.25) is 0 Å². The first-order valence-electron chi connectivity index (χ1n) is 11.8. The van der Waals surface area contributed by atoms with Crippen LogP contribution in [0, 0.1) is 17.9 Å². The predicted molar refractivity (Wildman–Crippen MR) is 122 cm³/mol. The quantitative estimate of drug-likeness (QED) is 0.416. The lowest BCUT2D eigenvalue weighted by molar-refractivity contribution is 0.121. The first-order valence-corrected chi connectivity index (χ1v) is 11.8. The van der Waals surface area contributed by atoms with E-state index in [0.29, 0.717) is 24.3 Å². The second-order valence-electron chi connectivity index (χ2n) is 10.2. The summed E-state index contributed by atoms with van der Waals surface area (Å²) < 4.78 is 0. The number of aliphatic hydroxyl groups is 3. The summed E-state index contributed by atoms with van der Waals surface area (Å²) in [6, 6.07) is 0. The molecular weight excluding hydrogens is 374 g/mol. The van der Waals surface area contributed by atoms with Crippen molar-refractivity contribution in [3.8, 4) is 6.57 Å². The zero-order valence-electron chi connectivity index (χ0n) is 18.8. The Hall–Kier alpha value is -1.41. The van der Waals surface area contributed by atoms with Crippen LogP contribution in [0.1, 0.15) is 84.5 Å². The highest BCUT2D eigenvalue weighted by Gasteiger charge is 2.67.